The molecule has 2 saturated heterocycles. The highest BCUT2D eigenvalue weighted by molar-refractivity contribution is 5.97. The molecule has 2 aliphatic rings. The summed E-state index contributed by atoms with van der Waals surface area (Å²) in [7, 11) is 0. The van der Waals surface area contributed by atoms with Gasteiger partial charge in [-0.05, 0) is 61.7 Å². The molecule has 4 heterocycles. The number of rotatable bonds is 7. The van der Waals surface area contributed by atoms with E-state index in [-0.39, 0.29) is 44.1 Å². The van der Waals surface area contributed by atoms with E-state index < -0.39 is 52.5 Å². The van der Waals surface area contributed by atoms with Crippen LogP contribution in [0.5, 0.6) is 5.75 Å². The molecule has 0 radical (unpaired) electrons. The Hall–Kier alpha value is -4.62. The number of hydrogen-bond donors (Lipinski definition) is 0. The number of carbonyl (C=O) groups is 2. The summed E-state index contributed by atoms with van der Waals surface area (Å²) < 4.78 is 90.6. The van der Waals surface area contributed by atoms with E-state index in [0.29, 0.717) is 19.4 Å². The number of ether oxygens (including phenoxy) is 1. The zero-order chi connectivity index (χ0) is 34.3. The summed E-state index contributed by atoms with van der Waals surface area (Å²) in [6, 6.07) is 11.1. The molecule has 6 rings (SSSR count). The summed E-state index contributed by atoms with van der Waals surface area (Å²) in [6.07, 6.45) is -4.43. The molecule has 254 valence electrons. The van der Waals surface area contributed by atoms with Crippen LogP contribution in [-0.4, -0.2) is 67.4 Å². The molecule has 0 aliphatic carbocycles. The summed E-state index contributed by atoms with van der Waals surface area (Å²) in [5.41, 5.74) is -2.83. The predicted molar refractivity (Wildman–Crippen MR) is 163 cm³/mol. The van der Waals surface area contributed by atoms with E-state index in [1.54, 1.807) is 11.2 Å². The van der Waals surface area contributed by atoms with Gasteiger partial charge in [0.05, 0.1) is 46.1 Å². The van der Waals surface area contributed by atoms with Gasteiger partial charge in [0.25, 0.3) is 11.8 Å². The van der Waals surface area contributed by atoms with Crippen molar-refractivity contribution in [1.29, 1.82) is 0 Å². The number of nitrogens with zero attached hydrogens (tertiary/aromatic N) is 5. The SMILES string of the molecule is CCC[C@H]1N(C(=O)c2cnccc2C(F)(F)F)CCC[C@@]1(Oc1ccc(C(F)(F)F)cc1)C(=O)N1CC[C@@H](n2cnc3ccccc32)C1. The van der Waals surface area contributed by atoms with E-state index in [9.17, 15) is 35.9 Å². The van der Waals surface area contributed by atoms with Gasteiger partial charge >= 0.3 is 12.4 Å². The Morgan fingerprint density at radius 3 is 2.44 bits per heavy atom. The number of aromatic nitrogens is 3. The van der Waals surface area contributed by atoms with Crippen molar-refractivity contribution in [2.75, 3.05) is 19.6 Å². The van der Waals surface area contributed by atoms with Gasteiger partial charge < -0.3 is 19.1 Å². The fourth-order valence-electron chi connectivity index (χ4n) is 6.98. The normalized spacial score (nSPS) is 21.9. The van der Waals surface area contributed by atoms with Gasteiger partial charge in [-0.15, -0.1) is 0 Å². The van der Waals surface area contributed by atoms with E-state index in [0.717, 1.165) is 53.8 Å². The van der Waals surface area contributed by atoms with Gasteiger partial charge in [0.15, 0.2) is 0 Å². The first-order chi connectivity index (χ1) is 22.8. The summed E-state index contributed by atoms with van der Waals surface area (Å²) in [5.74, 6) is -1.46. The second kappa shape index (κ2) is 12.8. The molecule has 8 nitrogen and oxygen atoms in total. The van der Waals surface area contributed by atoms with Crippen molar-refractivity contribution < 1.29 is 40.7 Å². The van der Waals surface area contributed by atoms with Crippen molar-refractivity contribution in [3.05, 3.63) is 90.0 Å². The third kappa shape index (κ3) is 6.19. The average Bonchev–Trinajstić information content (AvgIpc) is 3.72. The quantitative estimate of drug-likeness (QED) is 0.195. The van der Waals surface area contributed by atoms with Gasteiger partial charge in [0.1, 0.15) is 5.75 Å². The second-order valence-electron chi connectivity index (χ2n) is 12.2. The Balaban J connectivity index is 1.39. The molecule has 2 fully saturated rings. The number of pyridine rings is 1. The lowest BCUT2D eigenvalue weighted by Crippen LogP contribution is -2.67. The van der Waals surface area contributed by atoms with Crippen molar-refractivity contribution >= 4 is 22.8 Å². The minimum absolute atomic E-state index is 0.0274. The number of likely N-dealkylation sites (tertiary alicyclic amines) is 2. The van der Waals surface area contributed by atoms with Gasteiger partial charge in [0.2, 0.25) is 5.60 Å². The number of alkyl halides is 6. The fraction of sp³-hybridized carbons (Fsp3) is 0.412. The fourth-order valence-corrected chi connectivity index (χ4v) is 6.98. The zero-order valence-electron chi connectivity index (χ0n) is 26.0. The Labute approximate surface area is 272 Å². The highest BCUT2D eigenvalue weighted by Crippen LogP contribution is 2.41. The van der Waals surface area contributed by atoms with E-state index >= 15 is 0 Å². The smallest absolute Gasteiger partial charge is 0.417 e. The number of hydrogen-bond acceptors (Lipinski definition) is 5. The Morgan fingerprint density at radius 2 is 1.73 bits per heavy atom. The van der Waals surface area contributed by atoms with Crippen LogP contribution in [-0.2, 0) is 17.1 Å². The molecular formula is C34H33F6N5O3. The number of piperidine rings is 1. The molecule has 0 spiro atoms. The van der Waals surface area contributed by atoms with Crippen molar-refractivity contribution in [2.24, 2.45) is 0 Å². The van der Waals surface area contributed by atoms with Crippen LogP contribution in [0.25, 0.3) is 11.0 Å². The first kappa shape index (κ1) is 33.3. The summed E-state index contributed by atoms with van der Waals surface area (Å²) in [4.78, 5) is 39.9. The number of fused-ring (bicyclic) bond motifs is 1. The van der Waals surface area contributed by atoms with Crippen LogP contribution in [0.1, 0.15) is 66.6 Å². The Bertz CT molecular complexity index is 1790. The summed E-state index contributed by atoms with van der Waals surface area (Å²) in [6.45, 7) is 2.45. The van der Waals surface area contributed by atoms with Crippen LogP contribution >= 0.6 is 0 Å². The molecule has 14 heteroatoms. The number of para-hydroxylation sites is 2. The Morgan fingerprint density at radius 1 is 0.979 bits per heavy atom. The van der Waals surface area contributed by atoms with Gasteiger partial charge in [-0.3, -0.25) is 14.6 Å². The van der Waals surface area contributed by atoms with E-state index in [1.165, 1.54) is 4.90 Å². The molecule has 2 amide bonds. The summed E-state index contributed by atoms with van der Waals surface area (Å²) in [5, 5.41) is 0. The molecule has 3 atom stereocenters. The molecule has 2 aromatic carbocycles. The number of halogens is 6. The van der Waals surface area contributed by atoms with Crippen LogP contribution < -0.4 is 4.74 Å². The maximum atomic E-state index is 14.8. The lowest BCUT2D eigenvalue weighted by atomic mass is 9.79. The molecule has 2 aliphatic heterocycles. The number of imidazole rings is 1. The predicted octanol–water partition coefficient (Wildman–Crippen LogP) is 7.17. The maximum Gasteiger partial charge on any atom is 0.417 e. The van der Waals surface area contributed by atoms with E-state index in [2.05, 4.69) is 9.97 Å². The Kier molecular flexibility index (Phi) is 8.86. The van der Waals surface area contributed by atoms with Gasteiger partial charge in [-0.1, -0.05) is 25.5 Å². The number of amides is 2. The largest absolute Gasteiger partial charge is 0.475 e. The molecular weight excluding hydrogens is 640 g/mol. The minimum Gasteiger partial charge on any atom is -0.475 e. The van der Waals surface area contributed by atoms with Crippen molar-refractivity contribution in [2.45, 2.75) is 69.1 Å². The van der Waals surface area contributed by atoms with Crippen LogP contribution in [0.2, 0.25) is 0 Å². The topological polar surface area (TPSA) is 80.6 Å². The molecule has 0 saturated carbocycles. The van der Waals surface area contributed by atoms with E-state index in [1.807, 2.05) is 35.8 Å². The number of benzene rings is 2. The van der Waals surface area contributed by atoms with Crippen molar-refractivity contribution in [1.82, 2.24) is 24.3 Å². The third-order valence-electron chi connectivity index (χ3n) is 9.21. The average molecular weight is 674 g/mol. The molecule has 48 heavy (non-hydrogen) atoms. The zero-order valence-corrected chi connectivity index (χ0v) is 26.0. The van der Waals surface area contributed by atoms with Crippen molar-refractivity contribution in [3.8, 4) is 5.75 Å². The van der Waals surface area contributed by atoms with Crippen LogP contribution in [0.4, 0.5) is 26.3 Å². The second-order valence-corrected chi connectivity index (χ2v) is 12.2. The number of carbonyl (C=O) groups excluding carboxylic acids is 2. The van der Waals surface area contributed by atoms with Crippen LogP contribution in [0, 0.1) is 0 Å². The monoisotopic (exact) mass is 673 g/mol. The first-order valence-corrected chi connectivity index (χ1v) is 15.7. The highest BCUT2D eigenvalue weighted by Gasteiger charge is 2.56. The standard InChI is InChI=1S/C34H33F6N5O3/c1-2-6-29-32(48-24-11-9-22(10-12-24)33(35,36)37,15-5-17-44(29)30(46)25-19-41-16-13-26(25)34(38,39)40)31(47)43-18-14-23(20-43)45-21-42-27-7-3-4-8-28(27)45/h3-4,7-13,16,19,21,23,29H,2,5-6,14-15,17-18,20H2,1H3/t23-,29-,32+/m1/s1. The first-order valence-electron chi connectivity index (χ1n) is 15.7. The minimum atomic E-state index is -4.84. The third-order valence-corrected chi connectivity index (χ3v) is 9.21. The molecule has 2 aromatic heterocycles. The van der Waals surface area contributed by atoms with Crippen molar-refractivity contribution in [3.63, 3.8) is 0 Å². The van der Waals surface area contributed by atoms with E-state index in [4.69, 9.17) is 4.74 Å². The van der Waals surface area contributed by atoms with Gasteiger partial charge in [-0.25, -0.2) is 4.98 Å². The lowest BCUT2D eigenvalue weighted by Gasteiger charge is -2.49. The van der Waals surface area contributed by atoms with Gasteiger partial charge in [0, 0.05) is 38.4 Å². The molecule has 0 N–H and O–H groups in total. The maximum absolute atomic E-state index is 14.8. The molecule has 4 aromatic rings. The molecule has 0 unspecified atom stereocenters. The lowest BCUT2D eigenvalue weighted by molar-refractivity contribution is -0.158. The van der Waals surface area contributed by atoms with Crippen LogP contribution in [0.3, 0.4) is 0 Å². The molecule has 0 bridgehead atoms. The van der Waals surface area contributed by atoms with Crippen LogP contribution in [0.15, 0.2) is 73.3 Å². The summed E-state index contributed by atoms with van der Waals surface area (Å²) >= 11 is 0. The highest BCUT2D eigenvalue weighted by atomic mass is 19.4. The van der Waals surface area contributed by atoms with Gasteiger partial charge in [-0.2, -0.15) is 26.3 Å².